The molecule has 4 heteroatoms. The standard InChI is InChI=1S/C8H15IN2S/c1-8(2,3)11-7-10-5-6(4-9)12-7/h6H,4-5H2,1-3H3,(H,10,11). The van der Waals surface area contributed by atoms with Crippen LogP contribution in [0, 0.1) is 0 Å². The number of nitrogens with one attached hydrogen (secondary N) is 1. The molecular formula is C8H15IN2S. The van der Waals surface area contributed by atoms with E-state index in [4.69, 9.17) is 0 Å². The van der Waals surface area contributed by atoms with Gasteiger partial charge in [0.25, 0.3) is 0 Å². The zero-order chi connectivity index (χ0) is 9.19. The number of nitrogens with zero attached hydrogens (tertiary/aromatic N) is 1. The van der Waals surface area contributed by atoms with Crippen LogP contribution >= 0.6 is 34.4 Å². The second-order valence-electron chi connectivity index (χ2n) is 3.92. The summed E-state index contributed by atoms with van der Waals surface area (Å²) in [5, 5.41) is 5.20. The summed E-state index contributed by atoms with van der Waals surface area (Å²) < 4.78 is 1.18. The van der Waals surface area contributed by atoms with Crippen molar-refractivity contribution >= 4 is 39.5 Å². The van der Waals surface area contributed by atoms with Gasteiger partial charge in [-0.3, -0.25) is 4.99 Å². The first kappa shape index (κ1) is 10.6. The van der Waals surface area contributed by atoms with Gasteiger partial charge >= 0.3 is 0 Å². The largest absolute Gasteiger partial charge is 0.360 e. The van der Waals surface area contributed by atoms with Crippen LogP contribution in [0.5, 0.6) is 0 Å². The van der Waals surface area contributed by atoms with E-state index < -0.39 is 0 Å². The molecule has 70 valence electrons. The van der Waals surface area contributed by atoms with E-state index in [1.54, 1.807) is 0 Å². The Morgan fingerprint density at radius 1 is 1.67 bits per heavy atom. The first-order valence-corrected chi connectivity index (χ1v) is 6.47. The molecule has 0 amide bonds. The minimum Gasteiger partial charge on any atom is -0.360 e. The van der Waals surface area contributed by atoms with E-state index in [2.05, 4.69) is 53.7 Å². The molecule has 0 aromatic rings. The Hall–Kier alpha value is 0.550. The molecule has 1 atom stereocenters. The molecule has 0 spiro atoms. The van der Waals surface area contributed by atoms with Crippen molar-refractivity contribution in [3.05, 3.63) is 0 Å². The molecule has 0 fully saturated rings. The smallest absolute Gasteiger partial charge is 0.157 e. The molecule has 0 aliphatic carbocycles. The van der Waals surface area contributed by atoms with Crippen LogP contribution in [0.4, 0.5) is 0 Å². The van der Waals surface area contributed by atoms with Crippen LogP contribution in [0.15, 0.2) is 4.99 Å². The molecule has 0 saturated carbocycles. The van der Waals surface area contributed by atoms with Crippen molar-refractivity contribution in [1.29, 1.82) is 0 Å². The van der Waals surface area contributed by atoms with Crippen molar-refractivity contribution in [2.24, 2.45) is 4.99 Å². The zero-order valence-corrected chi connectivity index (χ0v) is 10.7. The zero-order valence-electron chi connectivity index (χ0n) is 7.72. The van der Waals surface area contributed by atoms with Gasteiger partial charge in [0.05, 0.1) is 6.54 Å². The summed E-state index contributed by atoms with van der Waals surface area (Å²) in [7, 11) is 0. The third kappa shape index (κ3) is 3.51. The summed E-state index contributed by atoms with van der Waals surface area (Å²) >= 11 is 4.28. The van der Waals surface area contributed by atoms with Crippen molar-refractivity contribution in [2.75, 3.05) is 11.0 Å². The van der Waals surface area contributed by atoms with Crippen LogP contribution in [0.3, 0.4) is 0 Å². The topological polar surface area (TPSA) is 24.4 Å². The Morgan fingerprint density at radius 3 is 2.75 bits per heavy atom. The lowest BCUT2D eigenvalue weighted by atomic mass is 10.1. The molecule has 2 nitrogen and oxygen atoms in total. The highest BCUT2D eigenvalue weighted by Crippen LogP contribution is 2.22. The molecule has 1 aliphatic heterocycles. The summed E-state index contributed by atoms with van der Waals surface area (Å²) in [6, 6.07) is 0. The fourth-order valence-corrected chi connectivity index (χ4v) is 2.75. The molecule has 0 bridgehead atoms. The predicted molar refractivity (Wildman–Crippen MR) is 65.5 cm³/mol. The van der Waals surface area contributed by atoms with Gasteiger partial charge in [0.15, 0.2) is 5.17 Å². The summed E-state index contributed by atoms with van der Waals surface area (Å²) in [5.41, 5.74) is 0.145. The maximum Gasteiger partial charge on any atom is 0.157 e. The van der Waals surface area contributed by atoms with Gasteiger partial charge in [-0.25, -0.2) is 0 Å². The third-order valence-electron chi connectivity index (χ3n) is 1.37. The molecule has 0 saturated heterocycles. The predicted octanol–water partition coefficient (Wildman–Crippen LogP) is 2.28. The Kier molecular flexibility index (Phi) is 3.70. The first-order valence-electron chi connectivity index (χ1n) is 4.06. The molecule has 12 heavy (non-hydrogen) atoms. The van der Waals surface area contributed by atoms with Gasteiger partial charge in [-0.15, -0.1) is 0 Å². The number of alkyl halides is 1. The van der Waals surface area contributed by atoms with E-state index in [9.17, 15) is 0 Å². The molecule has 0 aromatic carbocycles. The number of hydrogen-bond donors (Lipinski definition) is 1. The van der Waals surface area contributed by atoms with Crippen LogP contribution in [-0.4, -0.2) is 26.9 Å². The Balaban J connectivity index is 2.37. The summed E-state index contributed by atoms with van der Waals surface area (Å²) in [6.07, 6.45) is 0. The Bertz CT molecular complexity index is 186. The Morgan fingerprint density at radius 2 is 2.33 bits per heavy atom. The van der Waals surface area contributed by atoms with Gasteiger partial charge in [-0.05, 0) is 20.8 Å². The minimum atomic E-state index is 0.145. The Labute approximate surface area is 92.1 Å². The highest BCUT2D eigenvalue weighted by molar-refractivity contribution is 14.1. The van der Waals surface area contributed by atoms with Crippen molar-refractivity contribution in [3.8, 4) is 0 Å². The SMILES string of the molecule is CC(C)(C)NC1=NCC(CI)S1. The van der Waals surface area contributed by atoms with E-state index >= 15 is 0 Å². The molecule has 1 heterocycles. The average Bonchev–Trinajstić information content (AvgIpc) is 2.32. The lowest BCUT2D eigenvalue weighted by Gasteiger charge is -2.21. The quantitative estimate of drug-likeness (QED) is 0.593. The molecular weight excluding hydrogens is 283 g/mol. The summed E-state index contributed by atoms with van der Waals surface area (Å²) in [6.45, 7) is 7.46. The number of rotatable bonds is 1. The fourth-order valence-electron chi connectivity index (χ4n) is 0.887. The van der Waals surface area contributed by atoms with Gasteiger partial charge in [-0.2, -0.15) is 0 Å². The second kappa shape index (κ2) is 4.17. The van der Waals surface area contributed by atoms with Gasteiger partial charge in [-0.1, -0.05) is 34.4 Å². The van der Waals surface area contributed by atoms with Gasteiger partial charge in [0.2, 0.25) is 0 Å². The summed E-state index contributed by atoms with van der Waals surface area (Å²) in [5.74, 6) is 0. The number of aliphatic imine (C=N–C) groups is 1. The monoisotopic (exact) mass is 298 g/mol. The normalized spacial score (nSPS) is 24.0. The average molecular weight is 298 g/mol. The molecule has 1 rings (SSSR count). The van der Waals surface area contributed by atoms with Gasteiger partial charge in [0.1, 0.15) is 0 Å². The maximum absolute atomic E-state index is 4.44. The highest BCUT2D eigenvalue weighted by Gasteiger charge is 2.21. The number of thioether (sulfide) groups is 1. The lowest BCUT2D eigenvalue weighted by Crippen LogP contribution is -2.38. The van der Waals surface area contributed by atoms with Crippen LogP contribution in [0.1, 0.15) is 20.8 Å². The van der Waals surface area contributed by atoms with Crippen molar-refractivity contribution < 1.29 is 0 Å². The molecule has 1 N–H and O–H groups in total. The number of hydrogen-bond acceptors (Lipinski definition) is 3. The third-order valence-corrected chi connectivity index (χ3v) is 4.14. The minimum absolute atomic E-state index is 0.145. The van der Waals surface area contributed by atoms with E-state index in [-0.39, 0.29) is 5.54 Å². The number of amidine groups is 1. The molecule has 1 unspecified atom stereocenters. The molecule has 0 aromatic heterocycles. The number of halogens is 1. The van der Waals surface area contributed by atoms with Gasteiger partial charge in [0, 0.05) is 15.2 Å². The van der Waals surface area contributed by atoms with Crippen LogP contribution in [0.2, 0.25) is 0 Å². The lowest BCUT2D eigenvalue weighted by molar-refractivity contribution is 0.515. The molecule has 1 aliphatic rings. The van der Waals surface area contributed by atoms with Gasteiger partial charge < -0.3 is 5.32 Å². The summed E-state index contributed by atoms with van der Waals surface area (Å²) in [4.78, 5) is 4.44. The maximum atomic E-state index is 4.44. The first-order chi connectivity index (χ1) is 5.51. The van der Waals surface area contributed by atoms with Crippen molar-refractivity contribution in [1.82, 2.24) is 5.32 Å². The van der Waals surface area contributed by atoms with Crippen LogP contribution in [-0.2, 0) is 0 Å². The van der Waals surface area contributed by atoms with Crippen LogP contribution < -0.4 is 5.32 Å². The highest BCUT2D eigenvalue weighted by atomic mass is 127. The second-order valence-corrected chi connectivity index (χ2v) is 6.08. The van der Waals surface area contributed by atoms with E-state index in [1.165, 1.54) is 4.43 Å². The van der Waals surface area contributed by atoms with E-state index in [0.29, 0.717) is 5.25 Å². The van der Waals surface area contributed by atoms with E-state index in [0.717, 1.165) is 11.7 Å². The van der Waals surface area contributed by atoms with E-state index in [1.807, 2.05) is 11.8 Å². The van der Waals surface area contributed by atoms with Crippen molar-refractivity contribution in [3.63, 3.8) is 0 Å². The molecule has 0 radical (unpaired) electrons. The van der Waals surface area contributed by atoms with Crippen LogP contribution in [0.25, 0.3) is 0 Å². The fraction of sp³-hybridized carbons (Fsp3) is 0.875. The van der Waals surface area contributed by atoms with Crippen molar-refractivity contribution in [2.45, 2.75) is 31.6 Å².